The van der Waals surface area contributed by atoms with Gasteiger partial charge in [0.05, 0.1) is 12.2 Å². The number of nitrogens with one attached hydrogen (secondary N) is 1. The van der Waals surface area contributed by atoms with Crippen LogP contribution in [0.2, 0.25) is 0 Å². The number of rotatable bonds is 8. The Labute approximate surface area is 133 Å². The first kappa shape index (κ1) is 17.2. The van der Waals surface area contributed by atoms with Crippen LogP contribution < -0.4 is 10.1 Å². The van der Waals surface area contributed by atoms with E-state index in [9.17, 15) is 0 Å². The van der Waals surface area contributed by atoms with Crippen molar-refractivity contribution in [2.45, 2.75) is 26.7 Å². The standard InChI is InChI=1S/C17H28N2O3/c1-4-20-16-10-8-7-9-15(16)17(21-5-2,22-6-3)19-13-11-18-12-14-19/h7-10,18H,4-6,11-14H2,1-3H3. The molecule has 2 rings (SSSR count). The van der Waals surface area contributed by atoms with Crippen LogP contribution >= 0.6 is 0 Å². The third-order valence-electron chi connectivity index (χ3n) is 3.74. The summed E-state index contributed by atoms with van der Waals surface area (Å²) in [6.45, 7) is 11.4. The fraction of sp³-hybridized carbons (Fsp3) is 0.647. The molecule has 5 heteroatoms. The van der Waals surface area contributed by atoms with Crippen molar-refractivity contribution in [1.29, 1.82) is 0 Å². The van der Waals surface area contributed by atoms with Crippen molar-refractivity contribution in [2.24, 2.45) is 0 Å². The Kier molecular flexibility index (Phi) is 6.64. The maximum atomic E-state index is 6.18. The van der Waals surface area contributed by atoms with E-state index in [1.54, 1.807) is 0 Å². The number of nitrogens with zero attached hydrogens (tertiary/aromatic N) is 1. The van der Waals surface area contributed by atoms with E-state index in [4.69, 9.17) is 14.2 Å². The van der Waals surface area contributed by atoms with Crippen molar-refractivity contribution >= 4 is 0 Å². The Morgan fingerprint density at radius 1 is 1.00 bits per heavy atom. The summed E-state index contributed by atoms with van der Waals surface area (Å²) in [6, 6.07) is 8.01. The molecule has 1 aliphatic heterocycles. The van der Waals surface area contributed by atoms with E-state index in [-0.39, 0.29) is 0 Å². The molecule has 0 bridgehead atoms. The summed E-state index contributed by atoms with van der Waals surface area (Å²) in [5.74, 6) is -0.0531. The van der Waals surface area contributed by atoms with Gasteiger partial charge in [0, 0.05) is 39.4 Å². The molecule has 1 heterocycles. The molecule has 1 aromatic rings. The average Bonchev–Trinajstić information content (AvgIpc) is 2.56. The van der Waals surface area contributed by atoms with Gasteiger partial charge in [0.1, 0.15) is 5.75 Å². The fourth-order valence-corrected chi connectivity index (χ4v) is 2.91. The van der Waals surface area contributed by atoms with Gasteiger partial charge in [-0.05, 0) is 32.9 Å². The van der Waals surface area contributed by atoms with Gasteiger partial charge in [-0.15, -0.1) is 0 Å². The van der Waals surface area contributed by atoms with E-state index in [2.05, 4.69) is 10.2 Å². The first-order valence-corrected chi connectivity index (χ1v) is 8.24. The van der Waals surface area contributed by atoms with Crippen LogP contribution in [-0.4, -0.2) is 50.9 Å². The van der Waals surface area contributed by atoms with Gasteiger partial charge in [0.2, 0.25) is 0 Å². The highest BCUT2D eigenvalue weighted by Gasteiger charge is 2.43. The molecule has 124 valence electrons. The summed E-state index contributed by atoms with van der Waals surface area (Å²) in [6.07, 6.45) is 0. The summed E-state index contributed by atoms with van der Waals surface area (Å²) in [4.78, 5) is 2.26. The van der Waals surface area contributed by atoms with Gasteiger partial charge < -0.3 is 19.5 Å². The van der Waals surface area contributed by atoms with Crippen LogP contribution in [0.4, 0.5) is 0 Å². The van der Waals surface area contributed by atoms with Crippen molar-refractivity contribution in [3.8, 4) is 5.75 Å². The average molecular weight is 308 g/mol. The van der Waals surface area contributed by atoms with E-state index in [1.165, 1.54) is 0 Å². The molecule has 0 radical (unpaired) electrons. The molecule has 22 heavy (non-hydrogen) atoms. The van der Waals surface area contributed by atoms with Crippen molar-refractivity contribution in [2.75, 3.05) is 46.0 Å². The zero-order chi connectivity index (χ0) is 15.8. The molecule has 0 amide bonds. The molecule has 0 aliphatic carbocycles. The minimum absolute atomic E-state index is 0.574. The van der Waals surface area contributed by atoms with Crippen LogP contribution in [0.3, 0.4) is 0 Å². The summed E-state index contributed by atoms with van der Waals surface area (Å²) in [7, 11) is 0. The largest absolute Gasteiger partial charge is 0.493 e. The maximum Gasteiger partial charge on any atom is 0.262 e. The molecule has 0 saturated carbocycles. The lowest BCUT2D eigenvalue weighted by Crippen LogP contribution is -2.57. The third-order valence-corrected chi connectivity index (χ3v) is 3.74. The number of hydrogen-bond acceptors (Lipinski definition) is 5. The predicted octanol–water partition coefficient (Wildman–Crippen LogP) is 2.17. The molecule has 0 spiro atoms. The van der Waals surface area contributed by atoms with Crippen LogP contribution in [0.15, 0.2) is 24.3 Å². The summed E-state index contributed by atoms with van der Waals surface area (Å²) in [5, 5.41) is 3.38. The molecule has 0 aromatic heterocycles. The minimum atomic E-state index is -0.878. The molecular weight excluding hydrogens is 280 g/mol. The molecule has 5 nitrogen and oxygen atoms in total. The van der Waals surface area contributed by atoms with Crippen molar-refractivity contribution in [3.63, 3.8) is 0 Å². The zero-order valence-electron chi connectivity index (χ0n) is 13.9. The Morgan fingerprint density at radius 3 is 2.23 bits per heavy atom. The summed E-state index contributed by atoms with van der Waals surface area (Å²) >= 11 is 0. The lowest BCUT2D eigenvalue weighted by atomic mass is 10.1. The first-order valence-electron chi connectivity index (χ1n) is 8.24. The van der Waals surface area contributed by atoms with Crippen LogP contribution in [0.25, 0.3) is 0 Å². The van der Waals surface area contributed by atoms with Crippen molar-refractivity contribution in [3.05, 3.63) is 29.8 Å². The number of hydrogen-bond donors (Lipinski definition) is 1. The maximum absolute atomic E-state index is 6.18. The Morgan fingerprint density at radius 2 is 1.64 bits per heavy atom. The second-order valence-corrected chi connectivity index (χ2v) is 5.11. The monoisotopic (exact) mass is 308 g/mol. The van der Waals surface area contributed by atoms with E-state index in [1.807, 2.05) is 45.0 Å². The zero-order valence-corrected chi connectivity index (χ0v) is 13.9. The highest BCUT2D eigenvalue weighted by molar-refractivity contribution is 5.37. The van der Waals surface area contributed by atoms with E-state index < -0.39 is 5.91 Å². The predicted molar refractivity (Wildman–Crippen MR) is 87.0 cm³/mol. The lowest BCUT2D eigenvalue weighted by Gasteiger charge is -2.45. The van der Waals surface area contributed by atoms with Crippen LogP contribution in [0, 0.1) is 0 Å². The normalized spacial score (nSPS) is 16.7. The number of piperazine rings is 1. The number of ether oxygens (including phenoxy) is 3. The second-order valence-electron chi connectivity index (χ2n) is 5.11. The number of benzene rings is 1. The van der Waals surface area contributed by atoms with E-state index in [0.717, 1.165) is 37.5 Å². The topological polar surface area (TPSA) is 43.0 Å². The van der Waals surface area contributed by atoms with Gasteiger partial charge in [-0.25, -0.2) is 4.90 Å². The smallest absolute Gasteiger partial charge is 0.262 e. The molecule has 0 unspecified atom stereocenters. The first-order chi connectivity index (χ1) is 10.8. The van der Waals surface area contributed by atoms with E-state index in [0.29, 0.717) is 19.8 Å². The van der Waals surface area contributed by atoms with Gasteiger partial charge in [-0.2, -0.15) is 0 Å². The van der Waals surface area contributed by atoms with Crippen LogP contribution in [0.5, 0.6) is 5.75 Å². The van der Waals surface area contributed by atoms with Crippen molar-refractivity contribution < 1.29 is 14.2 Å². The van der Waals surface area contributed by atoms with Crippen molar-refractivity contribution in [1.82, 2.24) is 10.2 Å². The molecular formula is C17H28N2O3. The Hall–Kier alpha value is -1.14. The molecule has 1 aliphatic rings. The molecule has 1 N–H and O–H groups in total. The molecule has 1 aromatic carbocycles. The molecule has 1 saturated heterocycles. The van der Waals surface area contributed by atoms with Crippen LogP contribution in [0.1, 0.15) is 26.3 Å². The van der Waals surface area contributed by atoms with Gasteiger partial charge in [0.25, 0.3) is 5.91 Å². The quantitative estimate of drug-likeness (QED) is 0.746. The second kappa shape index (κ2) is 8.48. The van der Waals surface area contributed by atoms with Gasteiger partial charge >= 0.3 is 0 Å². The highest BCUT2D eigenvalue weighted by atomic mass is 16.7. The molecule has 1 fully saturated rings. The van der Waals surface area contributed by atoms with Gasteiger partial charge in [-0.3, -0.25) is 0 Å². The Bertz CT molecular complexity index is 441. The van der Waals surface area contributed by atoms with Crippen LogP contribution in [-0.2, 0) is 15.4 Å². The SMILES string of the molecule is CCOc1ccccc1C(OCC)(OCC)N1CCNCC1. The summed E-state index contributed by atoms with van der Waals surface area (Å²) < 4.78 is 18.2. The Balaban J connectivity index is 2.45. The van der Waals surface area contributed by atoms with Gasteiger partial charge in [0.15, 0.2) is 0 Å². The lowest BCUT2D eigenvalue weighted by molar-refractivity contribution is -0.329. The minimum Gasteiger partial charge on any atom is -0.493 e. The summed E-state index contributed by atoms with van der Waals surface area (Å²) in [5.41, 5.74) is 0.947. The van der Waals surface area contributed by atoms with E-state index >= 15 is 0 Å². The molecule has 0 atom stereocenters. The highest BCUT2D eigenvalue weighted by Crippen LogP contribution is 2.37. The fourth-order valence-electron chi connectivity index (χ4n) is 2.91. The number of para-hydroxylation sites is 1. The third kappa shape index (κ3) is 3.60. The van der Waals surface area contributed by atoms with Gasteiger partial charge in [-0.1, -0.05) is 12.1 Å².